The maximum atomic E-state index is 11.8. The van der Waals surface area contributed by atoms with Gasteiger partial charge in [0.15, 0.2) is 0 Å². The summed E-state index contributed by atoms with van der Waals surface area (Å²) in [4.78, 5) is 23.0. The van der Waals surface area contributed by atoms with Gasteiger partial charge in [0.05, 0.1) is 16.9 Å². The second kappa shape index (κ2) is 5.60. The molecule has 0 bridgehead atoms. The van der Waals surface area contributed by atoms with Crippen LogP contribution in [0.2, 0.25) is 0 Å². The predicted octanol–water partition coefficient (Wildman–Crippen LogP) is 1.01. The molecule has 6 nitrogen and oxygen atoms in total. The van der Waals surface area contributed by atoms with Crippen molar-refractivity contribution in [3.8, 4) is 0 Å². The van der Waals surface area contributed by atoms with Gasteiger partial charge in [0.25, 0.3) is 0 Å². The summed E-state index contributed by atoms with van der Waals surface area (Å²) < 4.78 is 5.51. The summed E-state index contributed by atoms with van der Waals surface area (Å²) >= 11 is 0. The second-order valence-electron chi connectivity index (χ2n) is 5.19. The maximum absolute atomic E-state index is 11.8. The highest BCUT2D eigenvalue weighted by Crippen LogP contribution is 2.20. The van der Waals surface area contributed by atoms with Crippen LogP contribution in [0.3, 0.4) is 0 Å². The van der Waals surface area contributed by atoms with E-state index in [-0.39, 0.29) is 23.7 Å². The lowest BCUT2D eigenvalue weighted by Crippen LogP contribution is -2.59. The van der Waals surface area contributed by atoms with E-state index in [1.54, 1.807) is 25.1 Å². The first-order valence-electron chi connectivity index (χ1n) is 6.39. The Balaban J connectivity index is 2.00. The molecule has 1 heterocycles. The number of ether oxygens (including phenoxy) is 1. The molecule has 6 heteroatoms. The van der Waals surface area contributed by atoms with Crippen LogP contribution in [0, 0.1) is 6.92 Å². The molecule has 0 saturated carbocycles. The Morgan fingerprint density at radius 2 is 2.15 bits per heavy atom. The summed E-state index contributed by atoms with van der Waals surface area (Å²) in [7, 11) is 0. The van der Waals surface area contributed by atoms with Crippen molar-refractivity contribution >= 4 is 17.6 Å². The van der Waals surface area contributed by atoms with E-state index in [4.69, 9.17) is 4.74 Å². The SMILES string of the molecule is Cc1cccc(NC(=O)COC2(C)CNC2)c1C(=O)O. The molecule has 1 aromatic rings. The fourth-order valence-corrected chi connectivity index (χ4v) is 2.06. The molecule has 0 radical (unpaired) electrons. The maximum Gasteiger partial charge on any atom is 0.338 e. The molecule has 1 amide bonds. The highest BCUT2D eigenvalue weighted by atomic mass is 16.5. The van der Waals surface area contributed by atoms with Crippen molar-refractivity contribution in [3.05, 3.63) is 29.3 Å². The van der Waals surface area contributed by atoms with Crippen LogP contribution in [0.25, 0.3) is 0 Å². The van der Waals surface area contributed by atoms with Crippen molar-refractivity contribution in [2.45, 2.75) is 19.4 Å². The van der Waals surface area contributed by atoms with Crippen molar-refractivity contribution in [3.63, 3.8) is 0 Å². The molecule has 2 rings (SSSR count). The van der Waals surface area contributed by atoms with E-state index >= 15 is 0 Å². The van der Waals surface area contributed by atoms with Crippen LogP contribution in [-0.2, 0) is 9.53 Å². The number of hydrogen-bond acceptors (Lipinski definition) is 4. The fourth-order valence-electron chi connectivity index (χ4n) is 2.06. The Labute approximate surface area is 117 Å². The van der Waals surface area contributed by atoms with Crippen LogP contribution in [0.4, 0.5) is 5.69 Å². The summed E-state index contributed by atoms with van der Waals surface area (Å²) in [5.41, 5.74) is 0.700. The van der Waals surface area contributed by atoms with Gasteiger partial charge in [-0.05, 0) is 25.5 Å². The van der Waals surface area contributed by atoms with Crippen LogP contribution >= 0.6 is 0 Å². The second-order valence-corrected chi connectivity index (χ2v) is 5.19. The highest BCUT2D eigenvalue weighted by molar-refractivity contribution is 6.01. The average molecular weight is 278 g/mol. The van der Waals surface area contributed by atoms with Gasteiger partial charge in [-0.2, -0.15) is 0 Å². The van der Waals surface area contributed by atoms with Crippen LogP contribution in [0.15, 0.2) is 18.2 Å². The number of nitrogens with one attached hydrogen (secondary N) is 2. The Kier molecular flexibility index (Phi) is 4.06. The Hall–Kier alpha value is -1.92. The third-order valence-electron chi connectivity index (χ3n) is 3.31. The van der Waals surface area contributed by atoms with Gasteiger partial charge in [0.2, 0.25) is 5.91 Å². The molecule has 1 saturated heterocycles. The van der Waals surface area contributed by atoms with Crippen molar-refractivity contribution in [2.75, 3.05) is 25.0 Å². The predicted molar refractivity (Wildman–Crippen MR) is 74.0 cm³/mol. The highest BCUT2D eigenvalue weighted by Gasteiger charge is 2.33. The zero-order chi connectivity index (χ0) is 14.8. The third-order valence-corrected chi connectivity index (χ3v) is 3.31. The number of benzene rings is 1. The third kappa shape index (κ3) is 3.15. The first kappa shape index (κ1) is 14.5. The minimum Gasteiger partial charge on any atom is -0.478 e. The molecule has 1 fully saturated rings. The van der Waals surface area contributed by atoms with Gasteiger partial charge in [-0.3, -0.25) is 4.79 Å². The standard InChI is InChI=1S/C14H18N2O4/c1-9-4-3-5-10(12(9)13(18)19)16-11(17)6-20-14(2)7-15-8-14/h3-5,15H,6-8H2,1-2H3,(H,16,17)(H,18,19). The number of aromatic carboxylic acids is 1. The van der Waals surface area contributed by atoms with E-state index in [0.717, 1.165) is 0 Å². The van der Waals surface area contributed by atoms with Crippen LogP contribution in [0.1, 0.15) is 22.8 Å². The Morgan fingerprint density at radius 1 is 1.45 bits per heavy atom. The topological polar surface area (TPSA) is 87.7 Å². The van der Waals surface area contributed by atoms with Crippen molar-refractivity contribution in [1.29, 1.82) is 0 Å². The number of hydrogen-bond donors (Lipinski definition) is 3. The smallest absolute Gasteiger partial charge is 0.338 e. The number of carboxylic acids is 1. The number of aryl methyl sites for hydroxylation is 1. The van der Waals surface area contributed by atoms with E-state index in [1.165, 1.54) is 0 Å². The number of carbonyl (C=O) groups excluding carboxylic acids is 1. The van der Waals surface area contributed by atoms with Crippen LogP contribution < -0.4 is 10.6 Å². The molecule has 1 aromatic carbocycles. The van der Waals surface area contributed by atoms with Gasteiger partial charge in [0, 0.05) is 13.1 Å². The van der Waals surface area contributed by atoms with Gasteiger partial charge in [-0.15, -0.1) is 0 Å². The fraction of sp³-hybridized carbons (Fsp3) is 0.429. The van der Waals surface area contributed by atoms with Gasteiger partial charge in [-0.1, -0.05) is 12.1 Å². The van der Waals surface area contributed by atoms with Crippen LogP contribution in [0.5, 0.6) is 0 Å². The molecule has 0 aromatic heterocycles. The summed E-state index contributed by atoms with van der Waals surface area (Å²) in [6.45, 7) is 4.95. The normalized spacial score (nSPS) is 16.3. The molecule has 0 atom stereocenters. The number of rotatable bonds is 5. The van der Waals surface area contributed by atoms with Gasteiger partial charge >= 0.3 is 5.97 Å². The Morgan fingerprint density at radius 3 is 2.70 bits per heavy atom. The lowest BCUT2D eigenvalue weighted by Gasteiger charge is -2.38. The summed E-state index contributed by atoms with van der Waals surface area (Å²) in [5.74, 6) is -1.42. The largest absolute Gasteiger partial charge is 0.478 e. The van der Waals surface area contributed by atoms with Crippen molar-refractivity contribution in [1.82, 2.24) is 5.32 Å². The summed E-state index contributed by atoms with van der Waals surface area (Å²) in [5, 5.41) is 14.8. The van der Waals surface area contributed by atoms with Crippen LogP contribution in [-0.4, -0.2) is 42.3 Å². The molecule has 1 aliphatic heterocycles. The van der Waals surface area contributed by atoms with E-state index in [0.29, 0.717) is 24.3 Å². The lowest BCUT2D eigenvalue weighted by molar-refractivity contribution is -0.130. The molecule has 20 heavy (non-hydrogen) atoms. The molecule has 0 aliphatic carbocycles. The molecule has 3 N–H and O–H groups in total. The van der Waals surface area contributed by atoms with Gasteiger partial charge < -0.3 is 20.5 Å². The molecule has 0 unspecified atom stereocenters. The summed E-state index contributed by atoms with van der Waals surface area (Å²) in [6.07, 6.45) is 0. The molecule has 108 valence electrons. The molecule has 0 spiro atoms. The number of carboxylic acid groups (broad SMARTS) is 1. The number of amides is 1. The number of anilines is 1. The zero-order valence-corrected chi connectivity index (χ0v) is 11.5. The molecular formula is C14H18N2O4. The van der Waals surface area contributed by atoms with Gasteiger partial charge in [0.1, 0.15) is 6.61 Å². The Bertz CT molecular complexity index is 538. The average Bonchev–Trinajstić information content (AvgIpc) is 2.33. The monoisotopic (exact) mass is 278 g/mol. The quantitative estimate of drug-likeness (QED) is 0.748. The lowest BCUT2D eigenvalue weighted by atomic mass is 10.0. The summed E-state index contributed by atoms with van der Waals surface area (Å²) in [6, 6.07) is 4.97. The van der Waals surface area contributed by atoms with Crippen molar-refractivity contribution < 1.29 is 19.4 Å². The van der Waals surface area contributed by atoms with E-state index < -0.39 is 5.97 Å². The first-order valence-corrected chi connectivity index (χ1v) is 6.39. The number of carbonyl (C=O) groups is 2. The van der Waals surface area contributed by atoms with E-state index in [1.807, 2.05) is 6.92 Å². The minimum atomic E-state index is -1.06. The van der Waals surface area contributed by atoms with Crippen molar-refractivity contribution in [2.24, 2.45) is 0 Å². The minimum absolute atomic E-state index is 0.0921. The molecular weight excluding hydrogens is 260 g/mol. The first-order chi connectivity index (χ1) is 9.41. The zero-order valence-electron chi connectivity index (χ0n) is 11.5. The van der Waals surface area contributed by atoms with E-state index in [9.17, 15) is 14.7 Å². The van der Waals surface area contributed by atoms with E-state index in [2.05, 4.69) is 10.6 Å². The molecule has 1 aliphatic rings. The van der Waals surface area contributed by atoms with Gasteiger partial charge in [-0.25, -0.2) is 4.79 Å².